The molecule has 1 aliphatic heterocycles. The van der Waals surface area contributed by atoms with Crippen molar-refractivity contribution in [2.75, 3.05) is 39.4 Å². The zero-order valence-electron chi connectivity index (χ0n) is 11.9. The van der Waals surface area contributed by atoms with E-state index < -0.39 is 0 Å². The van der Waals surface area contributed by atoms with Gasteiger partial charge in [0.05, 0.1) is 22.6 Å². The van der Waals surface area contributed by atoms with Crippen molar-refractivity contribution in [1.82, 2.24) is 10.2 Å². The molecule has 0 amide bonds. The van der Waals surface area contributed by atoms with Gasteiger partial charge in [0.25, 0.3) is 5.69 Å². The molecule has 1 aromatic carbocycles. The van der Waals surface area contributed by atoms with Gasteiger partial charge in [-0.25, -0.2) is 0 Å². The average Bonchev–Trinajstić information content (AvgIpc) is 2.49. The average molecular weight is 358 g/mol. The van der Waals surface area contributed by atoms with E-state index in [1.807, 2.05) is 6.07 Å². The Bertz CT molecular complexity index is 479. The van der Waals surface area contributed by atoms with Gasteiger partial charge in [-0.05, 0) is 47.1 Å². The summed E-state index contributed by atoms with van der Waals surface area (Å²) in [5, 5.41) is 14.2. The molecule has 1 saturated heterocycles. The first-order valence-electron chi connectivity index (χ1n) is 7.10. The summed E-state index contributed by atoms with van der Waals surface area (Å²) >= 11 is 3.19. The fourth-order valence-corrected chi connectivity index (χ4v) is 2.68. The van der Waals surface area contributed by atoms with Gasteiger partial charge in [-0.3, -0.25) is 15.0 Å². The third-order valence-corrected chi connectivity index (χ3v) is 4.14. The predicted octanol–water partition coefficient (Wildman–Crippen LogP) is 2.17. The van der Waals surface area contributed by atoms with Crippen LogP contribution in [0.5, 0.6) is 0 Å². The number of morpholine rings is 1. The molecule has 2 rings (SSSR count). The molecular formula is C14H20BrN3O3. The summed E-state index contributed by atoms with van der Waals surface area (Å²) in [7, 11) is 0. The Labute approximate surface area is 132 Å². The SMILES string of the molecule is O=[N+]([O-])c1cc(CNCCCN2CCOCC2)ccc1Br. The smallest absolute Gasteiger partial charge is 0.283 e. The maximum Gasteiger partial charge on any atom is 0.283 e. The third-order valence-electron chi connectivity index (χ3n) is 3.47. The Morgan fingerprint density at radius 2 is 2.14 bits per heavy atom. The number of benzene rings is 1. The lowest BCUT2D eigenvalue weighted by molar-refractivity contribution is -0.385. The molecule has 1 heterocycles. The third kappa shape index (κ3) is 5.35. The second kappa shape index (κ2) is 8.43. The van der Waals surface area contributed by atoms with Gasteiger partial charge in [0, 0.05) is 25.7 Å². The first-order valence-corrected chi connectivity index (χ1v) is 7.90. The molecule has 0 saturated carbocycles. The topological polar surface area (TPSA) is 67.6 Å². The molecule has 1 fully saturated rings. The van der Waals surface area contributed by atoms with Crippen LogP contribution in [0.1, 0.15) is 12.0 Å². The van der Waals surface area contributed by atoms with Crippen molar-refractivity contribution in [3.05, 3.63) is 38.3 Å². The lowest BCUT2D eigenvalue weighted by atomic mass is 10.2. The largest absolute Gasteiger partial charge is 0.379 e. The molecule has 7 heteroatoms. The number of nitrogens with zero attached hydrogens (tertiary/aromatic N) is 2. The first-order chi connectivity index (χ1) is 10.2. The zero-order valence-corrected chi connectivity index (χ0v) is 13.5. The van der Waals surface area contributed by atoms with E-state index in [9.17, 15) is 10.1 Å². The maximum atomic E-state index is 10.9. The summed E-state index contributed by atoms with van der Waals surface area (Å²) in [5.41, 5.74) is 1.04. The normalized spacial score (nSPS) is 16.0. The maximum absolute atomic E-state index is 10.9. The fourth-order valence-electron chi connectivity index (χ4n) is 2.29. The van der Waals surface area contributed by atoms with Crippen LogP contribution in [0.2, 0.25) is 0 Å². The molecule has 0 unspecified atom stereocenters. The van der Waals surface area contributed by atoms with Gasteiger partial charge in [-0.15, -0.1) is 0 Å². The van der Waals surface area contributed by atoms with E-state index in [4.69, 9.17) is 4.74 Å². The molecule has 0 aromatic heterocycles. The monoisotopic (exact) mass is 357 g/mol. The lowest BCUT2D eigenvalue weighted by Crippen LogP contribution is -2.37. The first kappa shape index (κ1) is 16.4. The summed E-state index contributed by atoms with van der Waals surface area (Å²) in [6, 6.07) is 5.23. The number of halogens is 1. The molecule has 0 radical (unpaired) electrons. The molecule has 21 heavy (non-hydrogen) atoms. The van der Waals surface area contributed by atoms with E-state index in [1.54, 1.807) is 12.1 Å². The molecule has 0 spiro atoms. The van der Waals surface area contributed by atoms with E-state index in [0.717, 1.165) is 51.4 Å². The second-order valence-corrected chi connectivity index (χ2v) is 5.88. The van der Waals surface area contributed by atoms with Crippen molar-refractivity contribution >= 4 is 21.6 Å². The highest BCUT2D eigenvalue weighted by atomic mass is 79.9. The molecule has 1 aromatic rings. The number of ether oxygens (including phenoxy) is 1. The van der Waals surface area contributed by atoms with Crippen LogP contribution in [0, 0.1) is 10.1 Å². The molecule has 0 aliphatic carbocycles. The number of hydrogen-bond donors (Lipinski definition) is 1. The van der Waals surface area contributed by atoms with Crippen LogP contribution in [-0.4, -0.2) is 49.2 Å². The van der Waals surface area contributed by atoms with Crippen LogP contribution in [0.25, 0.3) is 0 Å². The van der Waals surface area contributed by atoms with Crippen LogP contribution < -0.4 is 5.32 Å². The van der Waals surface area contributed by atoms with E-state index in [0.29, 0.717) is 11.0 Å². The van der Waals surface area contributed by atoms with Crippen molar-refractivity contribution < 1.29 is 9.66 Å². The van der Waals surface area contributed by atoms with Crippen LogP contribution >= 0.6 is 15.9 Å². The minimum atomic E-state index is -0.369. The van der Waals surface area contributed by atoms with Crippen molar-refractivity contribution in [1.29, 1.82) is 0 Å². The van der Waals surface area contributed by atoms with E-state index in [1.165, 1.54) is 0 Å². The van der Waals surface area contributed by atoms with Gasteiger partial charge in [0.15, 0.2) is 0 Å². The quantitative estimate of drug-likeness (QED) is 0.460. The van der Waals surface area contributed by atoms with Crippen molar-refractivity contribution in [3.8, 4) is 0 Å². The lowest BCUT2D eigenvalue weighted by Gasteiger charge is -2.26. The standard InChI is InChI=1S/C14H20BrN3O3/c15-13-3-2-12(10-14(13)18(19)20)11-16-4-1-5-17-6-8-21-9-7-17/h2-3,10,16H,1,4-9,11H2. The highest BCUT2D eigenvalue weighted by Gasteiger charge is 2.12. The van der Waals surface area contributed by atoms with Gasteiger partial charge < -0.3 is 10.1 Å². The van der Waals surface area contributed by atoms with Gasteiger partial charge in [-0.2, -0.15) is 0 Å². The van der Waals surface area contributed by atoms with Gasteiger partial charge in [-0.1, -0.05) is 6.07 Å². The Kier molecular flexibility index (Phi) is 6.56. The van der Waals surface area contributed by atoms with Crippen molar-refractivity contribution in [2.45, 2.75) is 13.0 Å². The number of nitrogens with one attached hydrogen (secondary N) is 1. The highest BCUT2D eigenvalue weighted by molar-refractivity contribution is 9.10. The van der Waals surface area contributed by atoms with Crippen LogP contribution in [0.4, 0.5) is 5.69 Å². The van der Waals surface area contributed by atoms with Gasteiger partial charge in [0.1, 0.15) is 0 Å². The van der Waals surface area contributed by atoms with E-state index in [2.05, 4.69) is 26.1 Å². The minimum Gasteiger partial charge on any atom is -0.379 e. The summed E-state index contributed by atoms with van der Waals surface area (Å²) in [6.45, 7) is 6.30. The van der Waals surface area contributed by atoms with Crippen LogP contribution in [-0.2, 0) is 11.3 Å². The zero-order chi connectivity index (χ0) is 15.1. The van der Waals surface area contributed by atoms with E-state index >= 15 is 0 Å². The Morgan fingerprint density at radius 3 is 2.86 bits per heavy atom. The molecule has 0 atom stereocenters. The summed E-state index contributed by atoms with van der Waals surface area (Å²) < 4.78 is 5.83. The number of hydrogen-bond acceptors (Lipinski definition) is 5. The Hall–Kier alpha value is -1.02. The predicted molar refractivity (Wildman–Crippen MR) is 84.4 cm³/mol. The molecule has 116 valence electrons. The summed E-state index contributed by atoms with van der Waals surface area (Å²) in [5.74, 6) is 0. The van der Waals surface area contributed by atoms with Crippen LogP contribution in [0.15, 0.2) is 22.7 Å². The Balaban J connectivity index is 1.68. The second-order valence-electron chi connectivity index (χ2n) is 5.03. The van der Waals surface area contributed by atoms with Gasteiger partial charge >= 0.3 is 0 Å². The highest BCUT2D eigenvalue weighted by Crippen LogP contribution is 2.25. The van der Waals surface area contributed by atoms with Crippen LogP contribution in [0.3, 0.4) is 0 Å². The summed E-state index contributed by atoms with van der Waals surface area (Å²) in [6.07, 6.45) is 1.07. The van der Waals surface area contributed by atoms with Gasteiger partial charge in [0.2, 0.25) is 0 Å². The fraction of sp³-hybridized carbons (Fsp3) is 0.571. The Morgan fingerprint density at radius 1 is 1.38 bits per heavy atom. The molecule has 0 bridgehead atoms. The molecule has 6 nitrogen and oxygen atoms in total. The number of rotatable bonds is 7. The van der Waals surface area contributed by atoms with E-state index in [-0.39, 0.29) is 10.6 Å². The number of nitro benzene ring substituents is 1. The van der Waals surface area contributed by atoms with Crippen molar-refractivity contribution in [2.24, 2.45) is 0 Å². The molecular weight excluding hydrogens is 338 g/mol. The van der Waals surface area contributed by atoms with Crippen molar-refractivity contribution in [3.63, 3.8) is 0 Å². The molecule has 1 N–H and O–H groups in total. The minimum absolute atomic E-state index is 0.114. The number of nitro groups is 1. The summed E-state index contributed by atoms with van der Waals surface area (Å²) in [4.78, 5) is 12.9. The molecule has 1 aliphatic rings.